The molecular formula is C21H32ClF4N5O3. The molecule has 1 heterocycles. The molecule has 3 fully saturated rings. The molecule has 5 unspecified atom stereocenters. The number of rotatable bonds is 5. The summed E-state index contributed by atoms with van der Waals surface area (Å²) in [4.78, 5) is 29.0. The molecule has 2 aliphatic carbocycles. The van der Waals surface area contributed by atoms with Gasteiger partial charge in [-0.3, -0.25) is 19.9 Å². The zero-order valence-corrected chi connectivity index (χ0v) is 19.7. The normalized spacial score (nSPS) is 35.0. The second-order valence-corrected chi connectivity index (χ2v) is 9.81. The molecule has 0 aromatic heterocycles. The van der Waals surface area contributed by atoms with Gasteiger partial charge in [-0.1, -0.05) is 0 Å². The van der Waals surface area contributed by atoms with Gasteiger partial charge in [0.05, 0.1) is 19.2 Å². The van der Waals surface area contributed by atoms with Crippen LogP contribution in [0.25, 0.3) is 0 Å². The molecule has 0 aromatic carbocycles. The van der Waals surface area contributed by atoms with Crippen LogP contribution in [0.4, 0.5) is 17.6 Å². The molecule has 2 saturated carbocycles. The number of ether oxygens (including phenoxy) is 1. The van der Waals surface area contributed by atoms with Crippen molar-refractivity contribution in [3.8, 4) is 0 Å². The van der Waals surface area contributed by atoms with Crippen LogP contribution in [-0.2, 0) is 14.3 Å². The Balaban J connectivity index is 1.61. The highest BCUT2D eigenvalue weighted by Crippen LogP contribution is 2.39. The molecule has 4 N–H and O–H groups in total. The molecule has 1 aliphatic heterocycles. The number of carbonyl (C=O) groups excluding carboxylic acids is 2. The molecule has 5 atom stereocenters. The number of guanidine groups is 1. The average Bonchev–Trinajstić information content (AvgIpc) is 3.25. The number of esters is 1. The maximum atomic E-state index is 13.6. The van der Waals surface area contributed by atoms with Gasteiger partial charge in [-0.2, -0.15) is 13.2 Å². The lowest BCUT2D eigenvalue weighted by molar-refractivity contribution is -0.184. The van der Waals surface area contributed by atoms with Crippen LogP contribution in [0.5, 0.6) is 0 Å². The molecule has 8 nitrogen and oxygen atoms in total. The van der Waals surface area contributed by atoms with E-state index in [-0.39, 0.29) is 55.9 Å². The minimum atomic E-state index is -4.25. The number of nitrogens with zero attached hydrogens (tertiary/aromatic N) is 1. The number of halogens is 5. The Morgan fingerprint density at radius 2 is 1.79 bits per heavy atom. The first-order chi connectivity index (χ1) is 16.1. The Bertz CT molecular complexity index is 748. The Labute approximate surface area is 200 Å². The van der Waals surface area contributed by atoms with Crippen molar-refractivity contribution in [2.75, 3.05) is 13.7 Å². The Morgan fingerprint density at radius 3 is 2.41 bits per heavy atom. The standard InChI is InChI=1S/C21H32ClF4N5O3/c1-34-19(33)16-9-17(31-30-16)28-20(27-10-12-4-7-14(23)8-15(12)22)29-18(32)11-2-5-13(6-3-11)21(24,25)26/h11-17,30-31H,2-10H2,1H3,(H2,27,28,29,32). The van der Waals surface area contributed by atoms with Crippen LogP contribution >= 0.6 is 11.6 Å². The zero-order valence-electron chi connectivity index (χ0n) is 19.0. The number of hydrazine groups is 1. The number of alkyl halides is 5. The van der Waals surface area contributed by atoms with Crippen LogP contribution in [-0.4, -0.2) is 61.4 Å². The molecule has 0 spiro atoms. The van der Waals surface area contributed by atoms with Crippen molar-refractivity contribution < 1.29 is 31.9 Å². The molecule has 34 heavy (non-hydrogen) atoms. The number of nitrogens with one attached hydrogen (secondary N) is 4. The van der Waals surface area contributed by atoms with Gasteiger partial charge in [0.15, 0.2) is 5.96 Å². The van der Waals surface area contributed by atoms with Crippen LogP contribution in [0, 0.1) is 17.8 Å². The monoisotopic (exact) mass is 513 g/mol. The summed E-state index contributed by atoms with van der Waals surface area (Å²) >= 11 is 6.30. The van der Waals surface area contributed by atoms with Crippen molar-refractivity contribution in [3.63, 3.8) is 0 Å². The topological polar surface area (TPSA) is 104 Å². The molecule has 1 saturated heterocycles. The third kappa shape index (κ3) is 7.42. The summed E-state index contributed by atoms with van der Waals surface area (Å²) in [5, 5.41) is 5.36. The van der Waals surface area contributed by atoms with Gasteiger partial charge in [-0.15, -0.1) is 11.6 Å². The SMILES string of the molecule is COC(=O)C1CC(NC(=NCC2CCC(F)CC2Cl)NC(=O)C2CCC(C(F)(F)F)CC2)NN1. The van der Waals surface area contributed by atoms with Crippen molar-refractivity contribution in [2.45, 2.75) is 81.3 Å². The smallest absolute Gasteiger partial charge is 0.391 e. The summed E-state index contributed by atoms with van der Waals surface area (Å²) in [6.45, 7) is 0.255. The first kappa shape index (κ1) is 26.9. The minimum absolute atomic E-state index is 0.0675. The second-order valence-electron chi connectivity index (χ2n) is 9.25. The first-order valence-corrected chi connectivity index (χ1v) is 12.1. The average molecular weight is 514 g/mol. The van der Waals surface area contributed by atoms with Crippen molar-refractivity contribution in [1.82, 2.24) is 21.5 Å². The highest BCUT2D eigenvalue weighted by molar-refractivity contribution is 6.20. The summed E-state index contributed by atoms with van der Waals surface area (Å²) < 4.78 is 57.1. The van der Waals surface area contributed by atoms with E-state index in [0.717, 1.165) is 0 Å². The molecule has 3 rings (SSSR count). The third-order valence-corrected chi connectivity index (χ3v) is 7.36. The largest absolute Gasteiger partial charge is 0.468 e. The molecule has 0 aromatic rings. The lowest BCUT2D eigenvalue weighted by atomic mass is 9.81. The Morgan fingerprint density at radius 1 is 1.09 bits per heavy atom. The van der Waals surface area contributed by atoms with Gasteiger partial charge in [0, 0.05) is 24.3 Å². The molecule has 1 amide bonds. The zero-order chi connectivity index (χ0) is 24.9. The predicted molar refractivity (Wildman–Crippen MR) is 117 cm³/mol. The van der Waals surface area contributed by atoms with Gasteiger partial charge in [0.1, 0.15) is 12.2 Å². The highest BCUT2D eigenvalue weighted by Gasteiger charge is 2.42. The van der Waals surface area contributed by atoms with E-state index in [1.807, 2.05) is 0 Å². The molecule has 3 aliphatic rings. The summed E-state index contributed by atoms with van der Waals surface area (Å²) in [5.41, 5.74) is 5.68. The number of hydrogen-bond acceptors (Lipinski definition) is 6. The minimum Gasteiger partial charge on any atom is -0.468 e. The molecule has 0 bridgehead atoms. The number of carbonyl (C=O) groups is 2. The third-order valence-electron chi connectivity index (χ3n) is 6.83. The fraction of sp³-hybridized carbons (Fsp3) is 0.857. The fourth-order valence-electron chi connectivity index (χ4n) is 4.68. The quantitative estimate of drug-likeness (QED) is 0.148. The van der Waals surface area contributed by atoms with Crippen molar-refractivity contribution in [1.29, 1.82) is 0 Å². The van der Waals surface area contributed by atoms with E-state index in [2.05, 4.69) is 26.5 Å². The van der Waals surface area contributed by atoms with Crippen molar-refractivity contribution >= 4 is 29.4 Å². The molecule has 194 valence electrons. The van der Waals surface area contributed by atoms with E-state index in [4.69, 9.17) is 16.3 Å². The van der Waals surface area contributed by atoms with Gasteiger partial charge in [-0.05, 0) is 50.9 Å². The van der Waals surface area contributed by atoms with E-state index >= 15 is 0 Å². The second kappa shape index (κ2) is 11.9. The van der Waals surface area contributed by atoms with Gasteiger partial charge in [-0.25, -0.2) is 15.2 Å². The Hall–Kier alpha value is -1.66. The summed E-state index contributed by atoms with van der Waals surface area (Å²) in [5.74, 6) is -2.71. The Kier molecular flexibility index (Phi) is 9.39. The van der Waals surface area contributed by atoms with Crippen LogP contribution in [0.3, 0.4) is 0 Å². The number of aliphatic imine (C=N–C) groups is 1. The lowest BCUT2D eigenvalue weighted by Gasteiger charge is -2.30. The van der Waals surface area contributed by atoms with Crippen LogP contribution in [0.2, 0.25) is 0 Å². The van der Waals surface area contributed by atoms with Crippen LogP contribution < -0.4 is 21.5 Å². The lowest BCUT2D eigenvalue weighted by Crippen LogP contribution is -2.52. The van der Waals surface area contributed by atoms with Gasteiger partial charge in [0.25, 0.3) is 0 Å². The van der Waals surface area contributed by atoms with E-state index in [0.29, 0.717) is 19.3 Å². The van der Waals surface area contributed by atoms with Gasteiger partial charge >= 0.3 is 12.1 Å². The fourth-order valence-corrected chi connectivity index (χ4v) is 5.08. The van der Waals surface area contributed by atoms with Gasteiger partial charge in [0.2, 0.25) is 5.91 Å². The van der Waals surface area contributed by atoms with Gasteiger partial charge < -0.3 is 10.1 Å². The van der Waals surface area contributed by atoms with Crippen molar-refractivity contribution in [3.05, 3.63) is 0 Å². The maximum absolute atomic E-state index is 13.6. The maximum Gasteiger partial charge on any atom is 0.391 e. The number of amides is 1. The van der Waals surface area contributed by atoms with Crippen LogP contribution in [0.1, 0.15) is 51.4 Å². The summed E-state index contributed by atoms with van der Waals surface area (Å²) in [6, 6.07) is -0.593. The van der Waals surface area contributed by atoms with Crippen molar-refractivity contribution in [2.24, 2.45) is 22.7 Å². The molecule has 0 radical (unpaired) electrons. The van der Waals surface area contributed by atoms with E-state index in [1.54, 1.807) is 0 Å². The number of hydrogen-bond donors (Lipinski definition) is 4. The highest BCUT2D eigenvalue weighted by atomic mass is 35.5. The van der Waals surface area contributed by atoms with E-state index in [9.17, 15) is 27.2 Å². The van der Waals surface area contributed by atoms with E-state index < -0.39 is 48.3 Å². The summed E-state index contributed by atoms with van der Waals surface area (Å²) in [7, 11) is 1.28. The summed E-state index contributed by atoms with van der Waals surface area (Å²) in [6.07, 6.45) is -4.02. The predicted octanol–water partition coefficient (Wildman–Crippen LogP) is 2.53. The molecule has 13 heteroatoms. The first-order valence-electron chi connectivity index (χ1n) is 11.6. The van der Waals surface area contributed by atoms with E-state index in [1.165, 1.54) is 7.11 Å². The molecular weight excluding hydrogens is 482 g/mol. The van der Waals surface area contributed by atoms with Crippen LogP contribution in [0.15, 0.2) is 4.99 Å². The number of methoxy groups -OCH3 is 1.